The van der Waals surface area contributed by atoms with Gasteiger partial charge >= 0.3 is 0 Å². The summed E-state index contributed by atoms with van der Waals surface area (Å²) in [6, 6.07) is 3.77. The minimum atomic E-state index is 0.328. The number of hydrogen-bond acceptors (Lipinski definition) is 3. The van der Waals surface area contributed by atoms with E-state index in [4.69, 9.17) is 5.73 Å². The largest absolute Gasteiger partial charge is 0.384 e. The van der Waals surface area contributed by atoms with E-state index in [1.807, 2.05) is 12.1 Å². The zero-order valence-electron chi connectivity index (χ0n) is 10.0. The number of anilines is 2. The number of nitrogens with zero attached hydrogens (tertiary/aromatic N) is 1. The second kappa shape index (κ2) is 4.51. The van der Waals surface area contributed by atoms with E-state index in [1.54, 1.807) is 6.20 Å². The van der Waals surface area contributed by atoms with E-state index < -0.39 is 0 Å². The lowest BCUT2D eigenvalue weighted by atomic mass is 9.82. The smallest absolute Gasteiger partial charge is 0.123 e. The second-order valence-corrected chi connectivity index (χ2v) is 5.12. The molecule has 0 bridgehead atoms. The van der Waals surface area contributed by atoms with E-state index in [9.17, 15) is 0 Å². The highest BCUT2D eigenvalue weighted by atomic mass is 14.9. The van der Waals surface area contributed by atoms with Crippen LogP contribution in [0.15, 0.2) is 18.3 Å². The maximum Gasteiger partial charge on any atom is 0.123 e. The van der Waals surface area contributed by atoms with Gasteiger partial charge in [-0.2, -0.15) is 0 Å². The van der Waals surface area contributed by atoms with Crippen LogP contribution in [0.1, 0.15) is 27.7 Å². The molecular weight excluding hydrogens is 186 g/mol. The first-order valence-electron chi connectivity index (χ1n) is 5.35. The molecule has 0 radical (unpaired) electrons. The Kier molecular flexibility index (Phi) is 3.56. The van der Waals surface area contributed by atoms with E-state index in [0.717, 1.165) is 12.2 Å². The molecule has 1 aromatic rings. The standard InChI is InChI=1S/C12H21N3/c1-9(12(2,3)4)7-14-10-5-6-11(13)15-8-10/h5-6,8-9,14H,7H2,1-4H3,(H2,13,15). The average molecular weight is 207 g/mol. The zero-order valence-corrected chi connectivity index (χ0v) is 10.0. The maximum atomic E-state index is 5.51. The molecule has 1 unspecified atom stereocenters. The molecule has 1 atom stereocenters. The normalized spacial score (nSPS) is 13.6. The van der Waals surface area contributed by atoms with Crippen LogP contribution in [0.25, 0.3) is 0 Å². The van der Waals surface area contributed by atoms with Crippen LogP contribution in [0, 0.1) is 11.3 Å². The Bertz CT molecular complexity index is 298. The van der Waals surface area contributed by atoms with Crippen LogP contribution in [0.5, 0.6) is 0 Å². The van der Waals surface area contributed by atoms with Crippen molar-refractivity contribution in [3.05, 3.63) is 18.3 Å². The Hall–Kier alpha value is -1.25. The molecule has 0 amide bonds. The molecule has 0 saturated carbocycles. The number of rotatable bonds is 3. The van der Waals surface area contributed by atoms with Crippen molar-refractivity contribution in [1.29, 1.82) is 0 Å². The van der Waals surface area contributed by atoms with Crippen molar-refractivity contribution < 1.29 is 0 Å². The predicted molar refractivity (Wildman–Crippen MR) is 65.8 cm³/mol. The molecule has 1 rings (SSSR count). The monoisotopic (exact) mass is 207 g/mol. The fourth-order valence-electron chi connectivity index (χ4n) is 1.09. The van der Waals surface area contributed by atoms with Gasteiger partial charge in [0.25, 0.3) is 0 Å². The van der Waals surface area contributed by atoms with Gasteiger partial charge in [0.05, 0.1) is 11.9 Å². The maximum absolute atomic E-state index is 5.51. The summed E-state index contributed by atoms with van der Waals surface area (Å²) >= 11 is 0. The Labute approximate surface area is 92.1 Å². The van der Waals surface area contributed by atoms with Gasteiger partial charge in [0.1, 0.15) is 5.82 Å². The number of nitrogens with two attached hydrogens (primary N) is 1. The molecule has 3 nitrogen and oxygen atoms in total. The van der Waals surface area contributed by atoms with Crippen LogP contribution in [0.3, 0.4) is 0 Å². The van der Waals surface area contributed by atoms with Gasteiger partial charge in [-0.3, -0.25) is 0 Å². The van der Waals surface area contributed by atoms with Gasteiger partial charge < -0.3 is 11.1 Å². The molecule has 0 saturated heterocycles. The molecule has 84 valence electrons. The molecule has 0 aliphatic carbocycles. The number of hydrogen-bond donors (Lipinski definition) is 2. The Morgan fingerprint density at radius 1 is 1.40 bits per heavy atom. The summed E-state index contributed by atoms with van der Waals surface area (Å²) in [6.07, 6.45) is 1.77. The number of nitrogens with one attached hydrogen (secondary N) is 1. The summed E-state index contributed by atoms with van der Waals surface area (Å²) < 4.78 is 0. The van der Waals surface area contributed by atoms with E-state index in [1.165, 1.54) is 0 Å². The molecule has 0 aromatic carbocycles. The highest BCUT2D eigenvalue weighted by Gasteiger charge is 2.19. The van der Waals surface area contributed by atoms with Gasteiger partial charge in [-0.1, -0.05) is 27.7 Å². The van der Waals surface area contributed by atoms with Crippen LogP contribution >= 0.6 is 0 Å². The van der Waals surface area contributed by atoms with Gasteiger partial charge in [0, 0.05) is 6.54 Å². The van der Waals surface area contributed by atoms with Crippen molar-refractivity contribution in [2.45, 2.75) is 27.7 Å². The number of aromatic nitrogens is 1. The van der Waals surface area contributed by atoms with Crippen LogP contribution in [-0.2, 0) is 0 Å². The molecular formula is C12H21N3. The van der Waals surface area contributed by atoms with E-state index in [2.05, 4.69) is 38.0 Å². The molecule has 1 aromatic heterocycles. The Morgan fingerprint density at radius 3 is 2.53 bits per heavy atom. The van der Waals surface area contributed by atoms with Gasteiger partial charge in [-0.05, 0) is 23.5 Å². The van der Waals surface area contributed by atoms with Gasteiger partial charge in [-0.15, -0.1) is 0 Å². The van der Waals surface area contributed by atoms with Crippen molar-refractivity contribution in [3.8, 4) is 0 Å². The molecule has 3 N–H and O–H groups in total. The van der Waals surface area contributed by atoms with E-state index in [-0.39, 0.29) is 0 Å². The first kappa shape index (κ1) is 11.8. The van der Waals surface area contributed by atoms with Crippen LogP contribution in [-0.4, -0.2) is 11.5 Å². The fraction of sp³-hybridized carbons (Fsp3) is 0.583. The molecule has 15 heavy (non-hydrogen) atoms. The van der Waals surface area contributed by atoms with Crippen molar-refractivity contribution in [1.82, 2.24) is 4.98 Å². The summed E-state index contributed by atoms with van der Waals surface area (Å²) in [7, 11) is 0. The minimum absolute atomic E-state index is 0.328. The zero-order chi connectivity index (χ0) is 11.5. The third kappa shape index (κ3) is 3.78. The lowest BCUT2D eigenvalue weighted by Crippen LogP contribution is -2.24. The first-order valence-corrected chi connectivity index (χ1v) is 5.35. The van der Waals surface area contributed by atoms with E-state index >= 15 is 0 Å². The van der Waals surface area contributed by atoms with Crippen molar-refractivity contribution in [2.24, 2.45) is 11.3 Å². The van der Waals surface area contributed by atoms with Crippen LogP contribution in [0.2, 0.25) is 0 Å². The lowest BCUT2D eigenvalue weighted by molar-refractivity contribution is 0.274. The minimum Gasteiger partial charge on any atom is -0.384 e. The van der Waals surface area contributed by atoms with Gasteiger partial charge in [0.15, 0.2) is 0 Å². The molecule has 0 aliphatic rings. The number of pyridine rings is 1. The molecule has 0 fully saturated rings. The molecule has 1 heterocycles. The van der Waals surface area contributed by atoms with Crippen LogP contribution in [0.4, 0.5) is 11.5 Å². The summed E-state index contributed by atoms with van der Waals surface area (Å²) in [5, 5.41) is 3.36. The highest BCUT2D eigenvalue weighted by Crippen LogP contribution is 2.25. The molecule has 0 aliphatic heterocycles. The SMILES string of the molecule is CC(CNc1ccc(N)nc1)C(C)(C)C. The van der Waals surface area contributed by atoms with E-state index in [0.29, 0.717) is 17.2 Å². The average Bonchev–Trinajstić information content (AvgIpc) is 2.15. The number of nitrogen functional groups attached to an aromatic ring is 1. The highest BCUT2D eigenvalue weighted by molar-refractivity contribution is 5.45. The molecule has 3 heteroatoms. The third-order valence-corrected chi connectivity index (χ3v) is 2.88. The fourth-order valence-corrected chi connectivity index (χ4v) is 1.09. The lowest BCUT2D eigenvalue weighted by Gasteiger charge is -2.27. The second-order valence-electron chi connectivity index (χ2n) is 5.12. The first-order chi connectivity index (χ1) is 6.89. The summed E-state index contributed by atoms with van der Waals surface area (Å²) in [5.41, 5.74) is 6.87. The Balaban J connectivity index is 2.47. The summed E-state index contributed by atoms with van der Waals surface area (Å²) in [6.45, 7) is 9.95. The third-order valence-electron chi connectivity index (χ3n) is 2.88. The summed E-state index contributed by atoms with van der Waals surface area (Å²) in [5.74, 6) is 1.17. The topological polar surface area (TPSA) is 50.9 Å². The van der Waals surface area contributed by atoms with Gasteiger partial charge in [-0.25, -0.2) is 4.98 Å². The van der Waals surface area contributed by atoms with Crippen molar-refractivity contribution in [3.63, 3.8) is 0 Å². The predicted octanol–water partition coefficient (Wildman–Crippen LogP) is 2.76. The summed E-state index contributed by atoms with van der Waals surface area (Å²) in [4.78, 5) is 4.03. The van der Waals surface area contributed by atoms with Crippen molar-refractivity contribution >= 4 is 11.5 Å². The Morgan fingerprint density at radius 2 is 2.07 bits per heavy atom. The quantitative estimate of drug-likeness (QED) is 0.801. The van der Waals surface area contributed by atoms with Gasteiger partial charge in [0.2, 0.25) is 0 Å². The molecule has 0 spiro atoms. The van der Waals surface area contributed by atoms with Crippen LogP contribution < -0.4 is 11.1 Å². The van der Waals surface area contributed by atoms with Crippen molar-refractivity contribution in [2.75, 3.05) is 17.6 Å².